The van der Waals surface area contributed by atoms with Crippen LogP contribution in [0.15, 0.2) is 42.5 Å². The molecule has 2 amide bonds. The number of nitrogen functional groups attached to an aromatic ring is 1. The van der Waals surface area contributed by atoms with E-state index in [1.165, 1.54) is 28.2 Å². The molecule has 1 aromatic carbocycles. The monoisotopic (exact) mass is 462 g/mol. The third-order valence-electron chi connectivity index (χ3n) is 5.95. The predicted molar refractivity (Wildman–Crippen MR) is 131 cm³/mol. The summed E-state index contributed by atoms with van der Waals surface area (Å²) in [6.45, 7) is 1.90. The van der Waals surface area contributed by atoms with Gasteiger partial charge in [0.05, 0.1) is 11.3 Å². The van der Waals surface area contributed by atoms with Crippen LogP contribution in [0.2, 0.25) is 0 Å². The van der Waals surface area contributed by atoms with Gasteiger partial charge in [-0.25, -0.2) is 4.98 Å². The highest BCUT2D eigenvalue weighted by atomic mass is 32.1. The molecule has 0 fully saturated rings. The summed E-state index contributed by atoms with van der Waals surface area (Å²) in [4.78, 5) is 32.1. The largest absolute Gasteiger partial charge is 0.397 e. The summed E-state index contributed by atoms with van der Waals surface area (Å²) in [5, 5.41) is 4.18. The molecule has 5 N–H and O–H groups in total. The molecule has 1 unspecified atom stereocenters. The van der Waals surface area contributed by atoms with E-state index in [2.05, 4.69) is 22.4 Å². The maximum atomic E-state index is 13.1. The Morgan fingerprint density at radius 1 is 1.12 bits per heavy atom. The molecule has 8 heteroatoms. The summed E-state index contributed by atoms with van der Waals surface area (Å²) in [6, 6.07) is 14.1. The zero-order chi connectivity index (χ0) is 22.4. The van der Waals surface area contributed by atoms with Crippen LogP contribution in [0.5, 0.6) is 0 Å². The molecule has 1 aliphatic rings. The maximum Gasteiger partial charge on any atom is 0.268 e. The molecule has 0 saturated heterocycles. The Balaban J connectivity index is 1.47. The number of anilines is 2. The third-order valence-corrected chi connectivity index (χ3v) is 8.23. The molecule has 1 atom stereocenters. The highest BCUT2D eigenvalue weighted by molar-refractivity contribution is 7.21. The lowest BCUT2D eigenvalue weighted by molar-refractivity contribution is 0.100. The van der Waals surface area contributed by atoms with Crippen LogP contribution in [-0.2, 0) is 12.8 Å². The minimum absolute atomic E-state index is 0.344. The van der Waals surface area contributed by atoms with Crippen molar-refractivity contribution in [2.24, 2.45) is 5.73 Å². The van der Waals surface area contributed by atoms with Gasteiger partial charge in [0.25, 0.3) is 11.8 Å². The van der Waals surface area contributed by atoms with Crippen LogP contribution in [0.4, 0.5) is 10.7 Å². The van der Waals surface area contributed by atoms with Gasteiger partial charge in [0.2, 0.25) is 0 Å². The normalized spacial score (nSPS) is 15.5. The topological polar surface area (TPSA) is 111 Å². The second kappa shape index (κ2) is 8.03. The van der Waals surface area contributed by atoms with E-state index >= 15 is 0 Å². The standard InChI is InChI=1S/C24H22N4O2S2/c1-12-7-9-16-19(25)20(32-23(16)27-12)22(30)28-24-18(21(26)29)15-10-8-14(11-17(15)31-24)13-5-3-2-4-6-13/h2-7,9,14H,8,10-11,25H2,1H3,(H2,26,29)(H,28,30). The summed E-state index contributed by atoms with van der Waals surface area (Å²) in [6.07, 6.45) is 2.53. The lowest BCUT2D eigenvalue weighted by Gasteiger charge is -2.22. The number of nitrogens with one attached hydrogen (secondary N) is 1. The van der Waals surface area contributed by atoms with E-state index in [1.54, 1.807) is 0 Å². The molecule has 6 nitrogen and oxygen atoms in total. The summed E-state index contributed by atoms with van der Waals surface area (Å²) in [5.41, 5.74) is 15.9. The molecule has 0 aliphatic heterocycles. The van der Waals surface area contributed by atoms with Crippen molar-refractivity contribution in [2.75, 3.05) is 11.1 Å². The number of hydrogen-bond acceptors (Lipinski definition) is 6. The molecule has 0 saturated carbocycles. The average molecular weight is 463 g/mol. The van der Waals surface area contributed by atoms with Gasteiger partial charge in [0, 0.05) is 16.0 Å². The van der Waals surface area contributed by atoms with Crippen LogP contribution < -0.4 is 16.8 Å². The number of rotatable bonds is 4. The number of carbonyl (C=O) groups is 2. The fraction of sp³-hybridized carbons (Fsp3) is 0.208. The third kappa shape index (κ3) is 3.55. The van der Waals surface area contributed by atoms with Gasteiger partial charge in [0.15, 0.2) is 0 Å². The molecule has 0 radical (unpaired) electrons. The van der Waals surface area contributed by atoms with Crippen LogP contribution >= 0.6 is 22.7 Å². The van der Waals surface area contributed by atoms with Crippen LogP contribution in [0.1, 0.15) is 54.1 Å². The van der Waals surface area contributed by atoms with E-state index in [4.69, 9.17) is 11.5 Å². The number of nitrogens with zero attached hydrogens (tertiary/aromatic N) is 1. The SMILES string of the molecule is Cc1ccc2c(N)c(C(=O)Nc3sc4c(c3C(N)=O)CCC(c3ccccc3)C4)sc2n1. The summed E-state index contributed by atoms with van der Waals surface area (Å²) < 4.78 is 0. The second-order valence-electron chi connectivity index (χ2n) is 8.03. The Morgan fingerprint density at radius 3 is 2.66 bits per heavy atom. The molecule has 1 aliphatic carbocycles. The van der Waals surface area contributed by atoms with Gasteiger partial charge in [-0.05, 0) is 55.4 Å². The predicted octanol–water partition coefficient (Wildman–Crippen LogP) is 4.87. The molecule has 162 valence electrons. The quantitative estimate of drug-likeness (QED) is 0.402. The first-order chi connectivity index (χ1) is 15.4. The first kappa shape index (κ1) is 20.7. The molecular formula is C24H22N4O2S2. The van der Waals surface area contributed by atoms with E-state index in [9.17, 15) is 9.59 Å². The number of amides is 2. The number of pyridine rings is 1. The van der Waals surface area contributed by atoms with Crippen molar-refractivity contribution in [3.8, 4) is 0 Å². The molecule has 4 aromatic rings. The van der Waals surface area contributed by atoms with Crippen LogP contribution in [0, 0.1) is 6.92 Å². The van der Waals surface area contributed by atoms with E-state index < -0.39 is 5.91 Å². The number of aryl methyl sites for hydroxylation is 1. The molecule has 3 aromatic heterocycles. The number of aromatic nitrogens is 1. The van der Waals surface area contributed by atoms with Crippen molar-refractivity contribution in [3.63, 3.8) is 0 Å². The molecule has 32 heavy (non-hydrogen) atoms. The number of carbonyl (C=O) groups excluding carboxylic acids is 2. The zero-order valence-corrected chi connectivity index (χ0v) is 19.1. The molecule has 0 spiro atoms. The summed E-state index contributed by atoms with van der Waals surface area (Å²) in [5.74, 6) is -0.472. The lowest BCUT2D eigenvalue weighted by Crippen LogP contribution is -2.19. The highest BCUT2D eigenvalue weighted by Gasteiger charge is 2.30. The number of fused-ring (bicyclic) bond motifs is 2. The summed E-state index contributed by atoms with van der Waals surface area (Å²) >= 11 is 2.69. The van der Waals surface area contributed by atoms with Crippen molar-refractivity contribution in [2.45, 2.75) is 32.1 Å². The zero-order valence-electron chi connectivity index (χ0n) is 17.5. The molecule has 0 bridgehead atoms. The molecule has 5 rings (SSSR count). The van der Waals surface area contributed by atoms with Crippen molar-refractivity contribution in [3.05, 3.63) is 74.6 Å². The average Bonchev–Trinajstić information content (AvgIpc) is 3.30. The van der Waals surface area contributed by atoms with Crippen LogP contribution in [-0.4, -0.2) is 16.8 Å². The Morgan fingerprint density at radius 2 is 1.91 bits per heavy atom. The van der Waals surface area contributed by atoms with Gasteiger partial charge in [-0.1, -0.05) is 30.3 Å². The fourth-order valence-corrected chi connectivity index (χ4v) is 6.72. The van der Waals surface area contributed by atoms with Gasteiger partial charge in [-0.15, -0.1) is 22.7 Å². The van der Waals surface area contributed by atoms with E-state index in [0.717, 1.165) is 45.6 Å². The lowest BCUT2D eigenvalue weighted by atomic mass is 9.83. The Bertz CT molecular complexity index is 1360. The molecular weight excluding hydrogens is 440 g/mol. The number of primary amides is 1. The molecule has 3 heterocycles. The van der Waals surface area contributed by atoms with E-state index in [1.807, 2.05) is 37.3 Å². The summed E-state index contributed by atoms with van der Waals surface area (Å²) in [7, 11) is 0. The number of thiophene rings is 2. The first-order valence-electron chi connectivity index (χ1n) is 10.4. The Labute approximate surface area is 193 Å². The van der Waals surface area contributed by atoms with Gasteiger partial charge in [-0.3, -0.25) is 9.59 Å². The minimum atomic E-state index is -0.516. The smallest absolute Gasteiger partial charge is 0.268 e. The van der Waals surface area contributed by atoms with Gasteiger partial charge >= 0.3 is 0 Å². The van der Waals surface area contributed by atoms with Crippen molar-refractivity contribution in [1.29, 1.82) is 0 Å². The minimum Gasteiger partial charge on any atom is -0.397 e. The van der Waals surface area contributed by atoms with Gasteiger partial charge in [-0.2, -0.15) is 0 Å². The van der Waals surface area contributed by atoms with Gasteiger partial charge in [0.1, 0.15) is 14.7 Å². The van der Waals surface area contributed by atoms with Crippen molar-refractivity contribution in [1.82, 2.24) is 4.98 Å². The Kier molecular flexibility index (Phi) is 5.19. The fourth-order valence-electron chi connectivity index (χ4n) is 4.36. The van der Waals surface area contributed by atoms with Crippen molar-refractivity contribution >= 4 is 55.4 Å². The van der Waals surface area contributed by atoms with Crippen molar-refractivity contribution < 1.29 is 9.59 Å². The number of benzene rings is 1. The maximum absolute atomic E-state index is 13.1. The second-order valence-corrected chi connectivity index (χ2v) is 10.1. The van der Waals surface area contributed by atoms with Crippen LogP contribution in [0.3, 0.4) is 0 Å². The Hall–Kier alpha value is -3.23. The number of nitrogens with two attached hydrogens (primary N) is 2. The highest BCUT2D eigenvalue weighted by Crippen LogP contribution is 2.43. The number of hydrogen-bond donors (Lipinski definition) is 3. The van der Waals surface area contributed by atoms with E-state index in [0.29, 0.717) is 27.0 Å². The van der Waals surface area contributed by atoms with Crippen LogP contribution in [0.25, 0.3) is 10.2 Å². The first-order valence-corrected chi connectivity index (χ1v) is 12.0. The van der Waals surface area contributed by atoms with Gasteiger partial charge < -0.3 is 16.8 Å². The van der Waals surface area contributed by atoms with E-state index in [-0.39, 0.29) is 5.91 Å².